The van der Waals surface area contributed by atoms with Gasteiger partial charge in [0.1, 0.15) is 55.6 Å². The van der Waals surface area contributed by atoms with E-state index in [-0.39, 0.29) is 43.2 Å². The van der Waals surface area contributed by atoms with E-state index in [1.807, 2.05) is 0 Å². The highest BCUT2D eigenvalue weighted by Crippen LogP contribution is 2.70. The molecule has 3 heterocycles. The summed E-state index contributed by atoms with van der Waals surface area (Å²) in [5.74, 6) is -0.830. The van der Waals surface area contributed by atoms with Crippen molar-refractivity contribution in [3.05, 3.63) is 11.6 Å². The van der Waals surface area contributed by atoms with Crippen LogP contribution in [-0.4, -0.2) is 145 Å². The highest BCUT2D eigenvalue weighted by Gasteiger charge is 2.71. The highest BCUT2D eigenvalue weighted by atomic mass is 16.7. The number of rotatable bonds is 7. The standard InChI is InChI=1S/C35H52O15/c1-16-29(50-31-27(42)25(40)24(39)22(13-36)49-31)26(41)28(43)30(47-16)48-18-3-8-33(15-37)20-4-7-32(2)19(17-11-23(38)46-14-17)6-10-35(32,45)21(20)5-9-34(33,44)12-18/h11,15-16,18-22,24-31,36,39-45H,3-10,12-14H2,1-2H3/t16-,18-,19+,20-,21+,22+,24+,25-,26-,27+,28-,29+,30+,31-,32+,33-,34-,35-/m0/s1. The van der Waals surface area contributed by atoms with E-state index < -0.39 is 96.2 Å². The summed E-state index contributed by atoms with van der Waals surface area (Å²) in [4.78, 5) is 25.1. The van der Waals surface area contributed by atoms with E-state index in [9.17, 15) is 50.4 Å². The Morgan fingerprint density at radius 2 is 1.56 bits per heavy atom. The maximum Gasteiger partial charge on any atom is 0.331 e. The molecule has 15 nitrogen and oxygen atoms in total. The number of aliphatic hydroxyl groups is 8. The number of hydrogen-bond acceptors (Lipinski definition) is 15. The molecule has 18 atom stereocenters. The zero-order valence-corrected chi connectivity index (χ0v) is 28.5. The van der Waals surface area contributed by atoms with Crippen LogP contribution in [0.25, 0.3) is 0 Å². The van der Waals surface area contributed by atoms with Gasteiger partial charge in [0, 0.05) is 17.9 Å². The van der Waals surface area contributed by atoms with Gasteiger partial charge in [-0.1, -0.05) is 6.92 Å². The van der Waals surface area contributed by atoms with Gasteiger partial charge in [0.25, 0.3) is 0 Å². The molecule has 4 aliphatic carbocycles. The smallest absolute Gasteiger partial charge is 0.331 e. The fourth-order valence-electron chi connectivity index (χ4n) is 11.3. The van der Waals surface area contributed by atoms with Crippen LogP contribution in [0.3, 0.4) is 0 Å². The topological polar surface area (TPSA) is 242 Å². The van der Waals surface area contributed by atoms with Gasteiger partial charge < -0.3 is 69.3 Å². The zero-order chi connectivity index (χ0) is 36.0. The fraction of sp³-hybridized carbons (Fsp3) is 0.886. The number of hydrogen-bond donors (Lipinski definition) is 8. The molecule has 15 heteroatoms. The van der Waals surface area contributed by atoms with Crippen LogP contribution >= 0.6 is 0 Å². The van der Waals surface area contributed by atoms with E-state index in [0.717, 1.165) is 18.3 Å². The first-order valence-corrected chi connectivity index (χ1v) is 18.0. The Labute approximate surface area is 290 Å². The lowest BCUT2D eigenvalue weighted by Crippen LogP contribution is -2.69. The monoisotopic (exact) mass is 712 g/mol. The molecule has 3 aliphatic heterocycles. The third-order valence-corrected chi connectivity index (χ3v) is 14.1. The van der Waals surface area contributed by atoms with E-state index in [2.05, 4.69) is 6.92 Å². The Hall–Kier alpha value is -1.60. The summed E-state index contributed by atoms with van der Waals surface area (Å²) in [6.07, 6.45) is -8.63. The van der Waals surface area contributed by atoms with Crippen LogP contribution < -0.4 is 0 Å². The maximum absolute atomic E-state index is 13.2. The Morgan fingerprint density at radius 1 is 0.860 bits per heavy atom. The van der Waals surface area contributed by atoms with Gasteiger partial charge in [-0.25, -0.2) is 4.79 Å². The number of aldehydes is 1. The van der Waals surface area contributed by atoms with Crippen LogP contribution in [0.1, 0.15) is 71.6 Å². The Kier molecular flexibility index (Phi) is 9.60. The number of aliphatic hydroxyl groups excluding tert-OH is 6. The van der Waals surface area contributed by atoms with E-state index in [0.29, 0.717) is 38.5 Å². The molecule has 50 heavy (non-hydrogen) atoms. The summed E-state index contributed by atoms with van der Waals surface area (Å²) < 4.78 is 28.4. The van der Waals surface area contributed by atoms with Crippen LogP contribution in [0.15, 0.2) is 11.6 Å². The number of fused-ring (bicyclic) bond motifs is 5. The van der Waals surface area contributed by atoms with E-state index in [1.165, 1.54) is 0 Å². The van der Waals surface area contributed by atoms with Gasteiger partial charge in [-0.15, -0.1) is 0 Å². The largest absolute Gasteiger partial charge is 0.458 e. The van der Waals surface area contributed by atoms with Crippen molar-refractivity contribution in [2.45, 2.75) is 150 Å². The molecule has 8 N–H and O–H groups in total. The van der Waals surface area contributed by atoms with Crippen molar-refractivity contribution in [3.63, 3.8) is 0 Å². The minimum absolute atomic E-state index is 0.00102. The first-order valence-electron chi connectivity index (χ1n) is 18.0. The Balaban J connectivity index is 1.02. The first-order chi connectivity index (χ1) is 23.6. The van der Waals surface area contributed by atoms with Crippen LogP contribution in [-0.2, 0) is 33.3 Å². The molecule has 0 amide bonds. The van der Waals surface area contributed by atoms with Crippen LogP contribution in [0, 0.1) is 28.6 Å². The van der Waals surface area contributed by atoms with Gasteiger partial charge in [-0.2, -0.15) is 0 Å². The fourth-order valence-corrected chi connectivity index (χ4v) is 11.3. The number of esters is 1. The molecule has 6 fully saturated rings. The minimum atomic E-state index is -1.71. The average Bonchev–Trinajstić information content (AvgIpc) is 3.64. The van der Waals surface area contributed by atoms with Crippen molar-refractivity contribution in [2.75, 3.05) is 13.2 Å². The summed E-state index contributed by atoms with van der Waals surface area (Å²) in [6, 6.07) is 0. The molecule has 0 aromatic rings. The number of cyclic esters (lactones) is 1. The van der Waals surface area contributed by atoms with Crippen LogP contribution in [0.2, 0.25) is 0 Å². The third kappa shape index (κ3) is 5.37. The van der Waals surface area contributed by atoms with E-state index >= 15 is 0 Å². The lowest BCUT2D eigenvalue weighted by molar-refractivity contribution is -0.361. The minimum Gasteiger partial charge on any atom is -0.458 e. The molecule has 0 aromatic carbocycles. The normalized spacial score (nSPS) is 55.0. The van der Waals surface area contributed by atoms with E-state index in [1.54, 1.807) is 13.0 Å². The van der Waals surface area contributed by atoms with Crippen molar-refractivity contribution in [1.29, 1.82) is 0 Å². The predicted octanol–water partition coefficient (Wildman–Crippen LogP) is -1.43. The maximum atomic E-state index is 13.2. The first kappa shape index (κ1) is 36.7. The molecule has 2 saturated heterocycles. The van der Waals surface area contributed by atoms with Gasteiger partial charge in [0.05, 0.1) is 35.4 Å². The van der Waals surface area contributed by atoms with Gasteiger partial charge in [0.2, 0.25) is 0 Å². The highest BCUT2D eigenvalue weighted by molar-refractivity contribution is 5.85. The molecule has 0 spiro atoms. The SMILES string of the molecule is C[C@@H]1O[C@H](O[C@H]2CC[C@]3(C=O)[C@H]4CC[C@]5(C)[C@@H](C6=CC(=O)OC6)CC[C@]5(O)[C@@H]4CC[C@]3(O)C2)[C@@H](O)[C@H](O)[C@@H]1O[C@@H]1O[C@H](CO)[C@@H](O)[C@H](O)[C@H]1O. The van der Waals surface area contributed by atoms with Gasteiger partial charge >= 0.3 is 5.97 Å². The molecule has 0 bridgehead atoms. The number of carbonyl (C=O) groups is 2. The molecule has 282 valence electrons. The van der Waals surface area contributed by atoms with Gasteiger partial charge in [-0.3, -0.25) is 0 Å². The molecule has 0 unspecified atom stereocenters. The molecule has 7 rings (SSSR count). The molecule has 0 radical (unpaired) electrons. The molecular formula is C35H52O15. The lowest BCUT2D eigenvalue weighted by atomic mass is 9.41. The van der Waals surface area contributed by atoms with Crippen LogP contribution in [0.4, 0.5) is 0 Å². The average molecular weight is 713 g/mol. The summed E-state index contributed by atoms with van der Waals surface area (Å²) in [6.45, 7) is 3.22. The van der Waals surface area contributed by atoms with E-state index in [4.69, 9.17) is 23.7 Å². The van der Waals surface area contributed by atoms with Gasteiger partial charge in [-0.05, 0) is 81.6 Å². The predicted molar refractivity (Wildman–Crippen MR) is 167 cm³/mol. The summed E-state index contributed by atoms with van der Waals surface area (Å²) >= 11 is 0. The number of carbonyl (C=O) groups excluding carboxylic acids is 2. The van der Waals surface area contributed by atoms with Crippen molar-refractivity contribution < 1.29 is 74.1 Å². The van der Waals surface area contributed by atoms with Crippen molar-refractivity contribution in [1.82, 2.24) is 0 Å². The molecule has 0 aromatic heterocycles. The molecule has 4 saturated carbocycles. The lowest BCUT2D eigenvalue weighted by Gasteiger charge is -2.65. The zero-order valence-electron chi connectivity index (χ0n) is 28.5. The second-order valence-electron chi connectivity index (χ2n) is 16.2. The summed E-state index contributed by atoms with van der Waals surface area (Å²) in [5.41, 5.74) is -3.20. The second kappa shape index (κ2) is 13.1. The Morgan fingerprint density at radius 3 is 2.24 bits per heavy atom. The van der Waals surface area contributed by atoms with Crippen molar-refractivity contribution >= 4 is 12.3 Å². The van der Waals surface area contributed by atoms with Crippen LogP contribution in [0.5, 0.6) is 0 Å². The van der Waals surface area contributed by atoms with Gasteiger partial charge in [0.15, 0.2) is 12.6 Å². The van der Waals surface area contributed by atoms with Crippen molar-refractivity contribution in [3.8, 4) is 0 Å². The number of ether oxygens (including phenoxy) is 5. The van der Waals surface area contributed by atoms with Crippen molar-refractivity contribution in [2.24, 2.45) is 28.6 Å². The Bertz CT molecular complexity index is 1340. The molecular weight excluding hydrogens is 660 g/mol. The second-order valence-corrected chi connectivity index (χ2v) is 16.2. The summed E-state index contributed by atoms with van der Waals surface area (Å²) in [7, 11) is 0. The summed E-state index contributed by atoms with van der Waals surface area (Å²) in [5, 5.41) is 87.0. The third-order valence-electron chi connectivity index (χ3n) is 14.1. The molecule has 7 aliphatic rings. The quantitative estimate of drug-likeness (QED) is 0.0858.